The van der Waals surface area contributed by atoms with Crippen LogP contribution in [0, 0.1) is 11.6 Å². The summed E-state index contributed by atoms with van der Waals surface area (Å²) < 4.78 is 26.9. The second-order valence-corrected chi connectivity index (χ2v) is 9.01. The first kappa shape index (κ1) is 21.5. The lowest BCUT2D eigenvalue weighted by molar-refractivity contribution is -0.132. The maximum atomic E-state index is 13.5. The third kappa shape index (κ3) is 4.32. The van der Waals surface area contributed by atoms with E-state index in [1.165, 1.54) is 29.8 Å². The smallest absolute Gasteiger partial charge is 0.222 e. The lowest BCUT2D eigenvalue weighted by Gasteiger charge is -2.38. The van der Waals surface area contributed by atoms with Crippen molar-refractivity contribution in [1.29, 1.82) is 0 Å². The monoisotopic (exact) mass is 444 g/mol. The summed E-state index contributed by atoms with van der Waals surface area (Å²) >= 11 is 0. The van der Waals surface area contributed by atoms with Gasteiger partial charge in [-0.2, -0.15) is 0 Å². The third-order valence-electron chi connectivity index (χ3n) is 7.09. The van der Waals surface area contributed by atoms with Crippen LogP contribution in [0.2, 0.25) is 0 Å². The second kappa shape index (κ2) is 8.89. The summed E-state index contributed by atoms with van der Waals surface area (Å²) in [5, 5.41) is 0. The van der Waals surface area contributed by atoms with Gasteiger partial charge in [0.15, 0.2) is 0 Å². The van der Waals surface area contributed by atoms with Crippen molar-refractivity contribution < 1.29 is 13.6 Å². The quantitative estimate of drug-likeness (QED) is 0.494. The van der Waals surface area contributed by atoms with Crippen molar-refractivity contribution in [2.24, 2.45) is 0 Å². The van der Waals surface area contributed by atoms with Gasteiger partial charge in [0.1, 0.15) is 11.6 Å². The number of piperidine rings is 1. The van der Waals surface area contributed by atoms with Crippen LogP contribution in [0.25, 0.3) is 6.08 Å². The summed E-state index contributed by atoms with van der Waals surface area (Å²) in [7, 11) is 0. The Morgan fingerprint density at radius 3 is 2.15 bits per heavy atom. The van der Waals surface area contributed by atoms with Gasteiger partial charge < -0.3 is 4.90 Å². The molecule has 2 aromatic carbocycles. The highest BCUT2D eigenvalue weighted by atomic mass is 19.1. The van der Waals surface area contributed by atoms with Crippen molar-refractivity contribution in [3.05, 3.63) is 107 Å². The van der Waals surface area contributed by atoms with Crippen LogP contribution >= 0.6 is 0 Å². The highest BCUT2D eigenvalue weighted by Gasteiger charge is 2.40. The maximum Gasteiger partial charge on any atom is 0.222 e. The molecule has 1 amide bonds. The third-order valence-corrected chi connectivity index (χ3v) is 7.09. The van der Waals surface area contributed by atoms with Gasteiger partial charge >= 0.3 is 0 Å². The fourth-order valence-electron chi connectivity index (χ4n) is 5.20. The number of pyridine rings is 1. The SMILES string of the molecule is O=C(CCC(c1ccc(F)cc1)c1ccc(F)cc1)N1CCC2(C=Cc3cccnc32)CC1. The number of allylic oxidation sites excluding steroid dienone is 1. The molecular formula is C28H26F2N2O. The van der Waals surface area contributed by atoms with Crippen LogP contribution in [-0.2, 0) is 10.2 Å². The lowest BCUT2D eigenvalue weighted by Crippen LogP contribution is -2.44. The molecule has 3 aromatic rings. The van der Waals surface area contributed by atoms with E-state index < -0.39 is 0 Å². The van der Waals surface area contributed by atoms with E-state index >= 15 is 0 Å². The van der Waals surface area contributed by atoms with Crippen LogP contribution in [0.3, 0.4) is 0 Å². The number of carbonyl (C=O) groups is 1. The molecule has 1 fully saturated rings. The van der Waals surface area contributed by atoms with Gasteiger partial charge in [-0.15, -0.1) is 0 Å². The average Bonchev–Trinajstić information content (AvgIpc) is 3.20. The van der Waals surface area contributed by atoms with Crippen molar-refractivity contribution in [3.63, 3.8) is 0 Å². The number of halogens is 2. The first-order valence-corrected chi connectivity index (χ1v) is 11.5. The highest BCUT2D eigenvalue weighted by Crippen LogP contribution is 2.42. The zero-order valence-corrected chi connectivity index (χ0v) is 18.4. The zero-order chi connectivity index (χ0) is 22.8. The van der Waals surface area contributed by atoms with Crippen molar-refractivity contribution in [3.8, 4) is 0 Å². The molecule has 1 spiro atoms. The molecule has 0 bridgehead atoms. The normalized spacial score (nSPS) is 16.4. The predicted molar refractivity (Wildman–Crippen MR) is 125 cm³/mol. The first-order chi connectivity index (χ1) is 16.0. The van der Waals surface area contributed by atoms with Gasteiger partial charge in [-0.1, -0.05) is 42.5 Å². The molecule has 1 saturated heterocycles. The number of hydrogen-bond donors (Lipinski definition) is 0. The fourth-order valence-corrected chi connectivity index (χ4v) is 5.20. The van der Waals surface area contributed by atoms with Crippen molar-refractivity contribution in [2.45, 2.75) is 37.0 Å². The molecule has 5 rings (SSSR count). The van der Waals surface area contributed by atoms with E-state index in [-0.39, 0.29) is 28.9 Å². The minimum atomic E-state index is -0.299. The average molecular weight is 445 g/mol. The Hall–Kier alpha value is -3.34. The van der Waals surface area contributed by atoms with Gasteiger partial charge in [0, 0.05) is 37.0 Å². The largest absolute Gasteiger partial charge is 0.343 e. The summed E-state index contributed by atoms with van der Waals surface area (Å²) in [6.45, 7) is 1.41. The van der Waals surface area contributed by atoms with Gasteiger partial charge in [-0.25, -0.2) is 8.78 Å². The lowest BCUT2D eigenvalue weighted by atomic mass is 9.77. The van der Waals surface area contributed by atoms with Crippen LogP contribution in [0.1, 0.15) is 54.0 Å². The molecule has 0 saturated carbocycles. The van der Waals surface area contributed by atoms with Gasteiger partial charge in [-0.05, 0) is 66.3 Å². The van der Waals surface area contributed by atoms with Crippen LogP contribution in [-0.4, -0.2) is 28.9 Å². The first-order valence-electron chi connectivity index (χ1n) is 11.5. The van der Waals surface area contributed by atoms with E-state index in [0.717, 1.165) is 29.7 Å². The number of nitrogens with zero attached hydrogens (tertiary/aromatic N) is 2. The Kier molecular flexibility index (Phi) is 5.79. The van der Waals surface area contributed by atoms with E-state index in [9.17, 15) is 13.6 Å². The molecule has 33 heavy (non-hydrogen) atoms. The predicted octanol–water partition coefficient (Wildman–Crippen LogP) is 5.86. The topological polar surface area (TPSA) is 33.2 Å². The summed E-state index contributed by atoms with van der Waals surface area (Å²) in [5.74, 6) is -0.568. The molecule has 168 valence electrons. The number of hydrogen-bond acceptors (Lipinski definition) is 2. The summed E-state index contributed by atoms with van der Waals surface area (Å²) in [5.41, 5.74) is 4.10. The number of carbonyl (C=O) groups excluding carboxylic acids is 1. The van der Waals surface area contributed by atoms with Gasteiger partial charge in [0.05, 0.1) is 5.69 Å². The molecular weight excluding hydrogens is 418 g/mol. The number of aromatic nitrogens is 1. The van der Waals surface area contributed by atoms with E-state index in [4.69, 9.17) is 0 Å². The molecule has 1 aromatic heterocycles. The molecule has 0 atom stereocenters. The van der Waals surface area contributed by atoms with Crippen LogP contribution < -0.4 is 0 Å². The van der Waals surface area contributed by atoms with Gasteiger partial charge in [0.2, 0.25) is 5.91 Å². The van der Waals surface area contributed by atoms with Crippen molar-refractivity contribution in [1.82, 2.24) is 9.88 Å². The molecule has 2 heterocycles. The standard InChI is InChI=1S/C28H26F2N2O/c29-23-7-3-20(4-8-23)25(21-5-9-24(30)10-6-21)11-12-26(33)32-18-15-28(16-19-32)14-13-22-2-1-17-31-27(22)28/h1-10,13-14,17,25H,11-12,15-16,18-19H2. The van der Waals surface area contributed by atoms with Crippen LogP contribution in [0.15, 0.2) is 72.9 Å². The maximum absolute atomic E-state index is 13.5. The molecule has 0 unspecified atom stereocenters. The number of rotatable bonds is 5. The number of amides is 1. The Morgan fingerprint density at radius 2 is 1.55 bits per heavy atom. The fraction of sp³-hybridized carbons (Fsp3) is 0.286. The van der Waals surface area contributed by atoms with Crippen molar-refractivity contribution in [2.75, 3.05) is 13.1 Å². The minimum absolute atomic E-state index is 0.0574. The Labute approximate surface area is 192 Å². The molecule has 1 aliphatic carbocycles. The molecule has 5 heteroatoms. The Morgan fingerprint density at radius 1 is 0.939 bits per heavy atom. The zero-order valence-electron chi connectivity index (χ0n) is 18.4. The van der Waals surface area contributed by atoms with E-state index in [2.05, 4.69) is 23.2 Å². The molecule has 2 aliphatic rings. The second-order valence-electron chi connectivity index (χ2n) is 9.01. The summed E-state index contributed by atoms with van der Waals surface area (Å²) in [4.78, 5) is 19.7. The van der Waals surface area contributed by atoms with E-state index in [1.54, 1.807) is 24.3 Å². The van der Waals surface area contributed by atoms with Gasteiger partial charge in [-0.3, -0.25) is 9.78 Å². The molecule has 3 nitrogen and oxygen atoms in total. The number of likely N-dealkylation sites (tertiary alicyclic amines) is 1. The Bertz CT molecular complexity index is 1120. The molecule has 0 radical (unpaired) electrons. The minimum Gasteiger partial charge on any atom is -0.343 e. The Balaban J connectivity index is 1.26. The van der Waals surface area contributed by atoms with E-state index in [0.29, 0.717) is 25.9 Å². The molecule has 1 aliphatic heterocycles. The van der Waals surface area contributed by atoms with Crippen molar-refractivity contribution >= 4 is 12.0 Å². The highest BCUT2D eigenvalue weighted by molar-refractivity contribution is 5.76. The van der Waals surface area contributed by atoms with Crippen LogP contribution in [0.4, 0.5) is 8.78 Å². The summed E-state index contributed by atoms with van der Waals surface area (Å²) in [6.07, 6.45) is 8.97. The van der Waals surface area contributed by atoms with E-state index in [1.807, 2.05) is 17.2 Å². The van der Waals surface area contributed by atoms with Gasteiger partial charge in [0.25, 0.3) is 0 Å². The summed E-state index contributed by atoms with van der Waals surface area (Å²) in [6, 6.07) is 16.8. The number of fused-ring (bicyclic) bond motifs is 2. The molecule has 0 N–H and O–H groups in total. The number of benzene rings is 2. The van der Waals surface area contributed by atoms with Crippen LogP contribution in [0.5, 0.6) is 0 Å².